The Bertz CT molecular complexity index is 404. The van der Waals surface area contributed by atoms with E-state index < -0.39 is 0 Å². The molecule has 2 unspecified atom stereocenters. The molecule has 90 valence electrons. The van der Waals surface area contributed by atoms with Crippen molar-refractivity contribution in [1.29, 1.82) is 0 Å². The van der Waals surface area contributed by atoms with Gasteiger partial charge in [0.1, 0.15) is 0 Å². The Morgan fingerprint density at radius 3 is 2.76 bits per heavy atom. The smallest absolute Gasteiger partial charge is 0.0991 e. The van der Waals surface area contributed by atoms with Gasteiger partial charge in [-0.05, 0) is 24.2 Å². The summed E-state index contributed by atoms with van der Waals surface area (Å²) in [6.07, 6.45) is 12.7. The topological polar surface area (TPSA) is 0 Å². The summed E-state index contributed by atoms with van der Waals surface area (Å²) in [6.45, 7) is 10.6. The molecule has 17 heavy (non-hydrogen) atoms. The average molecular weight is 226 g/mol. The second-order valence-electron chi connectivity index (χ2n) is 5.31. The van der Waals surface area contributed by atoms with Gasteiger partial charge in [-0.1, -0.05) is 56.3 Å². The lowest BCUT2D eigenvalue weighted by Gasteiger charge is -2.26. The lowest BCUT2D eigenvalue weighted by atomic mass is 9.79. The van der Waals surface area contributed by atoms with Crippen molar-refractivity contribution in [2.24, 2.45) is 17.3 Å². The molecule has 0 heterocycles. The molecule has 0 heteroatoms. The summed E-state index contributed by atoms with van der Waals surface area (Å²) in [5.74, 6) is 9.60. The molecule has 0 radical (unpaired) electrons. The number of hydrogen-bond acceptors (Lipinski definition) is 0. The molecule has 1 aliphatic rings. The van der Waals surface area contributed by atoms with Gasteiger partial charge in [0.05, 0.1) is 5.92 Å². The maximum atomic E-state index is 5.53. The molecule has 0 aromatic rings. The van der Waals surface area contributed by atoms with Crippen molar-refractivity contribution in [3.8, 4) is 24.2 Å². The fraction of sp³-hybridized carbons (Fsp3) is 0.529. The van der Waals surface area contributed by atoms with Crippen molar-refractivity contribution in [3.05, 3.63) is 24.3 Å². The summed E-state index contributed by atoms with van der Waals surface area (Å²) < 4.78 is 0. The standard InChI is InChI=1S/C17H22/c1-6-8-9-10-15(7-2)13-16-12-11-14(3)17(16,4)5/h2,6,13-15H,1,8,11-12H2,3-5H3. The molecule has 0 N–H and O–H groups in total. The maximum absolute atomic E-state index is 5.53. The van der Waals surface area contributed by atoms with Gasteiger partial charge >= 0.3 is 0 Å². The molecule has 0 amide bonds. The second kappa shape index (κ2) is 5.79. The molecule has 1 rings (SSSR count). The molecular weight excluding hydrogens is 204 g/mol. The number of hydrogen-bond donors (Lipinski definition) is 0. The zero-order chi connectivity index (χ0) is 12.9. The molecule has 1 fully saturated rings. The molecule has 0 aliphatic heterocycles. The Balaban J connectivity index is 2.85. The van der Waals surface area contributed by atoms with Crippen LogP contribution in [-0.4, -0.2) is 0 Å². The third kappa shape index (κ3) is 3.28. The number of rotatable bonds is 2. The van der Waals surface area contributed by atoms with E-state index in [1.807, 2.05) is 0 Å². The summed E-state index contributed by atoms with van der Waals surface area (Å²) in [6, 6.07) is 0. The van der Waals surface area contributed by atoms with Crippen LogP contribution in [-0.2, 0) is 0 Å². The fourth-order valence-corrected chi connectivity index (χ4v) is 2.24. The molecular formula is C17H22. The van der Waals surface area contributed by atoms with Crippen molar-refractivity contribution in [2.75, 3.05) is 0 Å². The van der Waals surface area contributed by atoms with Crippen molar-refractivity contribution in [3.63, 3.8) is 0 Å². The highest BCUT2D eigenvalue weighted by Crippen LogP contribution is 2.46. The Morgan fingerprint density at radius 2 is 2.29 bits per heavy atom. The molecule has 0 spiro atoms. The zero-order valence-corrected chi connectivity index (χ0v) is 11.2. The minimum atomic E-state index is -0.0467. The van der Waals surface area contributed by atoms with Crippen LogP contribution in [0.2, 0.25) is 0 Å². The first kappa shape index (κ1) is 13.7. The molecule has 2 atom stereocenters. The quantitative estimate of drug-likeness (QED) is 0.489. The van der Waals surface area contributed by atoms with Gasteiger partial charge in [0, 0.05) is 6.42 Å². The largest absolute Gasteiger partial charge is 0.118 e. The van der Waals surface area contributed by atoms with E-state index in [0.29, 0.717) is 6.42 Å². The highest BCUT2D eigenvalue weighted by Gasteiger charge is 2.35. The number of allylic oxidation sites excluding steroid dienone is 3. The monoisotopic (exact) mass is 226 g/mol. The summed E-state index contributed by atoms with van der Waals surface area (Å²) in [4.78, 5) is 0. The summed E-state index contributed by atoms with van der Waals surface area (Å²) in [5.41, 5.74) is 1.75. The van der Waals surface area contributed by atoms with Crippen molar-refractivity contribution < 1.29 is 0 Å². The number of terminal acetylenes is 1. The first-order chi connectivity index (χ1) is 8.02. The third-order valence-corrected chi connectivity index (χ3v) is 3.96. The highest BCUT2D eigenvalue weighted by atomic mass is 14.4. The van der Waals surface area contributed by atoms with Crippen LogP contribution in [0.3, 0.4) is 0 Å². The zero-order valence-electron chi connectivity index (χ0n) is 11.2. The van der Waals surface area contributed by atoms with Gasteiger partial charge in [-0.15, -0.1) is 13.0 Å². The average Bonchev–Trinajstić information content (AvgIpc) is 2.54. The summed E-state index contributed by atoms with van der Waals surface area (Å²) in [5, 5.41) is 0. The van der Waals surface area contributed by atoms with Crippen LogP contribution in [0.5, 0.6) is 0 Å². The Hall–Kier alpha value is -1.40. The van der Waals surface area contributed by atoms with Crippen LogP contribution in [0.25, 0.3) is 0 Å². The van der Waals surface area contributed by atoms with Crippen LogP contribution in [0.1, 0.15) is 40.0 Å². The SMILES string of the molecule is C#CC(C#CCC=C)C=C1CCC(C)C1(C)C. The van der Waals surface area contributed by atoms with E-state index in [-0.39, 0.29) is 11.3 Å². The van der Waals surface area contributed by atoms with Crippen LogP contribution in [0.15, 0.2) is 24.3 Å². The van der Waals surface area contributed by atoms with E-state index in [1.165, 1.54) is 12.0 Å². The minimum absolute atomic E-state index is 0.0467. The van der Waals surface area contributed by atoms with E-state index in [0.717, 1.165) is 12.3 Å². The van der Waals surface area contributed by atoms with E-state index in [9.17, 15) is 0 Å². The van der Waals surface area contributed by atoms with Crippen molar-refractivity contribution in [2.45, 2.75) is 40.0 Å². The normalized spacial score (nSPS) is 25.8. The maximum Gasteiger partial charge on any atom is 0.0991 e. The first-order valence-corrected chi connectivity index (χ1v) is 6.29. The van der Waals surface area contributed by atoms with Gasteiger partial charge in [-0.25, -0.2) is 0 Å². The van der Waals surface area contributed by atoms with Crippen molar-refractivity contribution >= 4 is 0 Å². The first-order valence-electron chi connectivity index (χ1n) is 6.29. The predicted molar refractivity (Wildman–Crippen MR) is 75.2 cm³/mol. The molecule has 0 aromatic carbocycles. The van der Waals surface area contributed by atoms with E-state index in [4.69, 9.17) is 6.42 Å². The molecule has 0 bridgehead atoms. The fourth-order valence-electron chi connectivity index (χ4n) is 2.24. The van der Waals surface area contributed by atoms with Gasteiger partial charge in [-0.2, -0.15) is 0 Å². The third-order valence-electron chi connectivity index (χ3n) is 3.96. The molecule has 1 saturated carbocycles. The van der Waals surface area contributed by atoms with Crippen LogP contribution in [0, 0.1) is 41.4 Å². The minimum Gasteiger partial charge on any atom is -0.118 e. The van der Waals surface area contributed by atoms with Crippen molar-refractivity contribution in [1.82, 2.24) is 0 Å². The van der Waals surface area contributed by atoms with Crippen LogP contribution in [0.4, 0.5) is 0 Å². The highest BCUT2D eigenvalue weighted by molar-refractivity contribution is 5.29. The van der Waals surface area contributed by atoms with E-state index in [1.54, 1.807) is 6.08 Å². The van der Waals surface area contributed by atoms with Gasteiger partial charge in [0.25, 0.3) is 0 Å². The summed E-state index contributed by atoms with van der Waals surface area (Å²) in [7, 11) is 0. The molecule has 0 saturated heterocycles. The van der Waals surface area contributed by atoms with Gasteiger partial charge < -0.3 is 0 Å². The van der Waals surface area contributed by atoms with Gasteiger partial charge in [-0.3, -0.25) is 0 Å². The van der Waals surface area contributed by atoms with E-state index >= 15 is 0 Å². The van der Waals surface area contributed by atoms with Crippen LogP contribution >= 0.6 is 0 Å². The molecule has 0 aromatic heterocycles. The lowest BCUT2D eigenvalue weighted by molar-refractivity contribution is 0.331. The lowest BCUT2D eigenvalue weighted by Crippen LogP contribution is -2.16. The molecule has 0 nitrogen and oxygen atoms in total. The van der Waals surface area contributed by atoms with Crippen LogP contribution < -0.4 is 0 Å². The second-order valence-corrected chi connectivity index (χ2v) is 5.31. The Kier molecular flexibility index (Phi) is 4.65. The van der Waals surface area contributed by atoms with Gasteiger partial charge in [0.2, 0.25) is 0 Å². The van der Waals surface area contributed by atoms with E-state index in [2.05, 4.69) is 51.2 Å². The Labute approximate surface area is 106 Å². The summed E-state index contributed by atoms with van der Waals surface area (Å²) >= 11 is 0. The molecule has 1 aliphatic carbocycles. The Morgan fingerprint density at radius 1 is 1.59 bits per heavy atom. The van der Waals surface area contributed by atoms with Gasteiger partial charge in [0.15, 0.2) is 0 Å². The predicted octanol–water partition coefficient (Wildman–Crippen LogP) is 4.20.